The van der Waals surface area contributed by atoms with Gasteiger partial charge < -0.3 is 10.2 Å². The molecule has 0 fully saturated rings. The predicted molar refractivity (Wildman–Crippen MR) is 119 cm³/mol. The Morgan fingerprint density at radius 3 is 1.76 bits per heavy atom. The van der Waals surface area contributed by atoms with Crippen LogP contribution in [0.2, 0.25) is 0 Å². The minimum Gasteiger partial charge on any atom is -0.371 e. The maximum Gasteiger partial charge on any atom is 0.221 e. The Bertz CT molecular complexity index is 957. The second-order valence-corrected chi connectivity index (χ2v) is 8.18. The number of anilines is 2. The lowest BCUT2D eigenvalue weighted by Crippen LogP contribution is -2.37. The molecule has 2 unspecified atom stereocenters. The number of carbonyl (C=O) groups excluding carboxylic acids is 1. The van der Waals surface area contributed by atoms with E-state index in [-0.39, 0.29) is 5.91 Å². The molecule has 0 saturated carbocycles. The third-order valence-electron chi connectivity index (χ3n) is 6.34. The van der Waals surface area contributed by atoms with Crippen molar-refractivity contribution in [2.75, 3.05) is 23.3 Å². The van der Waals surface area contributed by atoms with E-state index in [2.05, 4.69) is 83.0 Å². The van der Waals surface area contributed by atoms with Gasteiger partial charge in [0.05, 0.1) is 0 Å². The van der Waals surface area contributed by atoms with Crippen molar-refractivity contribution in [1.82, 2.24) is 0 Å². The van der Waals surface area contributed by atoms with Gasteiger partial charge in [0, 0.05) is 43.2 Å². The largest absolute Gasteiger partial charge is 0.371 e. The van der Waals surface area contributed by atoms with E-state index in [0.29, 0.717) is 11.8 Å². The molecule has 0 bridgehead atoms. The Labute approximate surface area is 172 Å². The molecule has 29 heavy (non-hydrogen) atoms. The van der Waals surface area contributed by atoms with Crippen molar-refractivity contribution >= 4 is 17.3 Å². The van der Waals surface area contributed by atoms with Crippen molar-refractivity contribution in [3.05, 3.63) is 95.1 Å². The standard InChI is InChI=1S/C26H26N2O/c1-18(29)27-21-16-24-22(19-8-4-2-5-9-19)12-14-28-15-13-23(25(17-21)26(24)28)20-10-6-3-7-11-20/h2-11,16-17,22-23H,12-15H2,1H3,(H,27,29). The van der Waals surface area contributed by atoms with Gasteiger partial charge in [0.25, 0.3) is 0 Å². The molecule has 2 heterocycles. The molecule has 0 saturated heterocycles. The number of amides is 1. The maximum absolute atomic E-state index is 11.8. The molecular weight excluding hydrogens is 356 g/mol. The number of benzene rings is 3. The Kier molecular flexibility index (Phi) is 4.59. The third-order valence-corrected chi connectivity index (χ3v) is 6.34. The van der Waals surface area contributed by atoms with E-state index in [1.807, 2.05) is 0 Å². The van der Waals surface area contributed by atoms with Crippen LogP contribution in [0.25, 0.3) is 0 Å². The number of carbonyl (C=O) groups is 1. The zero-order valence-corrected chi connectivity index (χ0v) is 16.8. The van der Waals surface area contributed by atoms with E-state index in [0.717, 1.165) is 31.6 Å². The molecular formula is C26H26N2O. The summed E-state index contributed by atoms with van der Waals surface area (Å²) in [6.45, 7) is 3.75. The highest BCUT2D eigenvalue weighted by atomic mass is 16.1. The smallest absolute Gasteiger partial charge is 0.221 e. The first-order valence-electron chi connectivity index (χ1n) is 10.5. The van der Waals surface area contributed by atoms with E-state index in [1.165, 1.54) is 27.9 Å². The first-order chi connectivity index (χ1) is 14.2. The lowest BCUT2D eigenvalue weighted by molar-refractivity contribution is -0.114. The molecule has 5 rings (SSSR count). The molecule has 3 heteroatoms. The molecule has 2 aliphatic rings. The molecule has 146 valence electrons. The van der Waals surface area contributed by atoms with Gasteiger partial charge >= 0.3 is 0 Å². The molecule has 3 aromatic carbocycles. The normalized spacial score (nSPS) is 20.1. The Morgan fingerprint density at radius 1 is 0.828 bits per heavy atom. The first-order valence-corrected chi connectivity index (χ1v) is 10.5. The molecule has 0 aliphatic carbocycles. The minimum atomic E-state index is -0.0202. The van der Waals surface area contributed by atoms with E-state index in [9.17, 15) is 4.79 Å². The van der Waals surface area contributed by atoms with Crippen LogP contribution in [0.3, 0.4) is 0 Å². The number of hydrogen-bond donors (Lipinski definition) is 1. The molecule has 2 aliphatic heterocycles. The summed E-state index contributed by atoms with van der Waals surface area (Å²) in [5, 5.41) is 3.06. The van der Waals surface area contributed by atoms with Crippen molar-refractivity contribution in [2.45, 2.75) is 31.6 Å². The predicted octanol–water partition coefficient (Wildman–Crippen LogP) is 5.52. The average molecular weight is 383 g/mol. The maximum atomic E-state index is 11.8. The average Bonchev–Trinajstić information content (AvgIpc) is 2.75. The van der Waals surface area contributed by atoms with Crippen LogP contribution in [0.15, 0.2) is 72.8 Å². The fraction of sp³-hybridized carbons (Fsp3) is 0.269. The summed E-state index contributed by atoms with van der Waals surface area (Å²) < 4.78 is 0. The number of nitrogens with zero attached hydrogens (tertiary/aromatic N) is 1. The Balaban J connectivity index is 1.69. The fourth-order valence-corrected chi connectivity index (χ4v) is 5.13. The van der Waals surface area contributed by atoms with E-state index >= 15 is 0 Å². The second kappa shape index (κ2) is 7.40. The van der Waals surface area contributed by atoms with Crippen molar-refractivity contribution < 1.29 is 4.79 Å². The zero-order chi connectivity index (χ0) is 19.8. The van der Waals surface area contributed by atoms with Crippen LogP contribution < -0.4 is 10.2 Å². The van der Waals surface area contributed by atoms with Crippen molar-refractivity contribution in [3.63, 3.8) is 0 Å². The minimum absolute atomic E-state index is 0.0202. The van der Waals surface area contributed by atoms with Crippen LogP contribution in [-0.4, -0.2) is 19.0 Å². The highest BCUT2D eigenvalue weighted by Gasteiger charge is 2.35. The van der Waals surface area contributed by atoms with Gasteiger partial charge in [0.2, 0.25) is 5.91 Å². The van der Waals surface area contributed by atoms with Crippen LogP contribution >= 0.6 is 0 Å². The van der Waals surface area contributed by atoms with Crippen LogP contribution in [-0.2, 0) is 4.79 Å². The van der Waals surface area contributed by atoms with E-state index < -0.39 is 0 Å². The summed E-state index contributed by atoms with van der Waals surface area (Å²) in [6, 6.07) is 26.0. The van der Waals surface area contributed by atoms with Gasteiger partial charge in [-0.15, -0.1) is 0 Å². The van der Waals surface area contributed by atoms with E-state index in [4.69, 9.17) is 0 Å². The molecule has 2 atom stereocenters. The SMILES string of the molecule is CC(=O)Nc1cc2c3c(c1)C(c1ccccc1)CCN3CCC2c1ccccc1. The summed E-state index contributed by atoms with van der Waals surface area (Å²) in [7, 11) is 0. The monoisotopic (exact) mass is 382 g/mol. The van der Waals surface area contributed by atoms with Crippen molar-refractivity contribution in [3.8, 4) is 0 Å². The van der Waals surface area contributed by atoms with Gasteiger partial charge in [-0.2, -0.15) is 0 Å². The van der Waals surface area contributed by atoms with Crippen LogP contribution in [0, 0.1) is 0 Å². The molecule has 0 aromatic heterocycles. The van der Waals surface area contributed by atoms with Crippen LogP contribution in [0.1, 0.15) is 53.9 Å². The Morgan fingerprint density at radius 2 is 1.31 bits per heavy atom. The molecule has 3 aromatic rings. The quantitative estimate of drug-likeness (QED) is 0.647. The molecule has 1 N–H and O–H groups in total. The van der Waals surface area contributed by atoms with Gasteiger partial charge in [-0.1, -0.05) is 60.7 Å². The Hall–Kier alpha value is -3.07. The zero-order valence-electron chi connectivity index (χ0n) is 16.8. The summed E-state index contributed by atoms with van der Waals surface area (Å²) in [5.41, 5.74) is 7.72. The molecule has 0 spiro atoms. The molecule has 0 radical (unpaired) electrons. The summed E-state index contributed by atoms with van der Waals surface area (Å²) >= 11 is 0. The highest BCUT2D eigenvalue weighted by molar-refractivity contribution is 5.90. The summed E-state index contributed by atoms with van der Waals surface area (Å²) in [6.07, 6.45) is 2.21. The molecule has 3 nitrogen and oxygen atoms in total. The van der Waals surface area contributed by atoms with Crippen LogP contribution in [0.5, 0.6) is 0 Å². The lowest BCUT2D eigenvalue weighted by Gasteiger charge is -2.43. The van der Waals surface area contributed by atoms with Crippen LogP contribution in [0.4, 0.5) is 11.4 Å². The van der Waals surface area contributed by atoms with E-state index in [1.54, 1.807) is 6.92 Å². The summed E-state index contributed by atoms with van der Waals surface area (Å²) in [5.74, 6) is 0.710. The lowest BCUT2D eigenvalue weighted by atomic mass is 9.76. The van der Waals surface area contributed by atoms with Crippen molar-refractivity contribution in [1.29, 1.82) is 0 Å². The van der Waals surface area contributed by atoms with Gasteiger partial charge in [-0.25, -0.2) is 0 Å². The second-order valence-electron chi connectivity index (χ2n) is 8.18. The fourth-order valence-electron chi connectivity index (χ4n) is 5.13. The number of rotatable bonds is 3. The summed E-state index contributed by atoms with van der Waals surface area (Å²) in [4.78, 5) is 14.4. The van der Waals surface area contributed by atoms with Gasteiger partial charge in [-0.05, 0) is 47.2 Å². The molecule has 1 amide bonds. The van der Waals surface area contributed by atoms with Gasteiger partial charge in [0.15, 0.2) is 0 Å². The van der Waals surface area contributed by atoms with Gasteiger partial charge in [-0.3, -0.25) is 4.79 Å². The first kappa shape index (κ1) is 18.0. The highest BCUT2D eigenvalue weighted by Crippen LogP contribution is 2.49. The van der Waals surface area contributed by atoms with Crippen molar-refractivity contribution in [2.24, 2.45) is 0 Å². The number of hydrogen-bond acceptors (Lipinski definition) is 2. The topological polar surface area (TPSA) is 32.3 Å². The van der Waals surface area contributed by atoms with Gasteiger partial charge in [0.1, 0.15) is 0 Å². The number of nitrogens with one attached hydrogen (secondary N) is 1. The third kappa shape index (κ3) is 3.31.